The first-order valence-electron chi connectivity index (χ1n) is 9.22. The number of methoxy groups -OCH3 is 2. The first kappa shape index (κ1) is 20.5. The predicted octanol–water partition coefficient (Wildman–Crippen LogP) is 3.48. The number of ether oxygens (including phenoxy) is 3. The second kappa shape index (κ2) is 9.78. The number of anilines is 1. The first-order valence-corrected chi connectivity index (χ1v) is 9.60. The van der Waals surface area contributed by atoms with Gasteiger partial charge in [0.05, 0.1) is 32.5 Å². The molecule has 150 valence electrons. The standard InChI is InChI=1S/C21H25ClN2O4/c1-26-19-14-16(13-18(22)20(19)27-2)21(25)23-17-5-3-15(4-6-17)7-8-24-9-11-28-12-10-24/h3-6,13-14H,7-12H2,1-2H3,(H,23,25). The average molecular weight is 405 g/mol. The fraction of sp³-hybridized carbons (Fsp3) is 0.381. The van der Waals surface area contributed by atoms with E-state index in [0.29, 0.717) is 22.1 Å². The molecule has 1 amide bonds. The smallest absolute Gasteiger partial charge is 0.255 e. The maximum Gasteiger partial charge on any atom is 0.255 e. The number of amides is 1. The Hall–Kier alpha value is -2.28. The minimum absolute atomic E-state index is 0.260. The summed E-state index contributed by atoms with van der Waals surface area (Å²) in [5.74, 6) is 0.563. The van der Waals surface area contributed by atoms with Crippen molar-refractivity contribution < 1.29 is 19.0 Å². The minimum Gasteiger partial charge on any atom is -0.493 e. The second-order valence-electron chi connectivity index (χ2n) is 6.55. The van der Waals surface area contributed by atoms with Crippen molar-refractivity contribution in [3.8, 4) is 11.5 Å². The molecule has 2 aromatic rings. The molecule has 0 radical (unpaired) electrons. The van der Waals surface area contributed by atoms with E-state index in [4.69, 9.17) is 25.8 Å². The van der Waals surface area contributed by atoms with Crippen LogP contribution < -0.4 is 14.8 Å². The number of carbonyl (C=O) groups excluding carboxylic acids is 1. The predicted molar refractivity (Wildman–Crippen MR) is 110 cm³/mol. The van der Waals surface area contributed by atoms with Crippen molar-refractivity contribution in [1.29, 1.82) is 0 Å². The third-order valence-electron chi connectivity index (χ3n) is 4.73. The Labute approximate surface area is 170 Å². The number of carbonyl (C=O) groups is 1. The highest BCUT2D eigenvalue weighted by molar-refractivity contribution is 6.32. The highest BCUT2D eigenvalue weighted by Gasteiger charge is 2.15. The summed E-state index contributed by atoms with van der Waals surface area (Å²) >= 11 is 6.18. The topological polar surface area (TPSA) is 60.0 Å². The van der Waals surface area contributed by atoms with Gasteiger partial charge in [-0.15, -0.1) is 0 Å². The van der Waals surface area contributed by atoms with Gasteiger partial charge in [0.1, 0.15) is 0 Å². The molecule has 1 aliphatic heterocycles. The fourth-order valence-corrected chi connectivity index (χ4v) is 3.41. The number of benzene rings is 2. The highest BCUT2D eigenvalue weighted by Crippen LogP contribution is 2.36. The van der Waals surface area contributed by atoms with Gasteiger partial charge >= 0.3 is 0 Å². The van der Waals surface area contributed by atoms with Crippen LogP contribution in [0.2, 0.25) is 5.02 Å². The van der Waals surface area contributed by atoms with Crippen LogP contribution in [0.4, 0.5) is 5.69 Å². The summed E-state index contributed by atoms with van der Waals surface area (Å²) in [6.07, 6.45) is 0.972. The zero-order valence-corrected chi connectivity index (χ0v) is 16.9. The van der Waals surface area contributed by atoms with Gasteiger partial charge in [0.15, 0.2) is 11.5 Å². The normalized spacial score (nSPS) is 14.5. The average Bonchev–Trinajstić information content (AvgIpc) is 2.73. The molecule has 0 spiro atoms. The van der Waals surface area contributed by atoms with Crippen molar-refractivity contribution in [2.24, 2.45) is 0 Å². The van der Waals surface area contributed by atoms with Crippen LogP contribution in [0.15, 0.2) is 36.4 Å². The van der Waals surface area contributed by atoms with Crippen LogP contribution in [0.25, 0.3) is 0 Å². The van der Waals surface area contributed by atoms with Gasteiger partial charge in [-0.3, -0.25) is 9.69 Å². The molecule has 1 heterocycles. The van der Waals surface area contributed by atoms with Gasteiger partial charge < -0.3 is 19.5 Å². The van der Waals surface area contributed by atoms with E-state index in [9.17, 15) is 4.79 Å². The quantitative estimate of drug-likeness (QED) is 0.765. The van der Waals surface area contributed by atoms with E-state index in [1.54, 1.807) is 12.1 Å². The van der Waals surface area contributed by atoms with Gasteiger partial charge in [-0.1, -0.05) is 23.7 Å². The Morgan fingerprint density at radius 3 is 2.50 bits per heavy atom. The molecule has 1 saturated heterocycles. The molecule has 28 heavy (non-hydrogen) atoms. The molecule has 1 fully saturated rings. The molecule has 1 aliphatic rings. The lowest BCUT2D eigenvalue weighted by molar-refractivity contribution is 0.0384. The molecule has 3 rings (SSSR count). The summed E-state index contributed by atoms with van der Waals surface area (Å²) in [7, 11) is 3.01. The van der Waals surface area contributed by atoms with Crippen molar-refractivity contribution in [3.63, 3.8) is 0 Å². The Balaban J connectivity index is 1.60. The molecule has 0 aromatic heterocycles. The van der Waals surface area contributed by atoms with E-state index in [0.717, 1.165) is 45.0 Å². The van der Waals surface area contributed by atoms with Crippen LogP contribution >= 0.6 is 11.6 Å². The summed E-state index contributed by atoms with van der Waals surface area (Å²) in [6, 6.07) is 11.1. The van der Waals surface area contributed by atoms with E-state index in [1.807, 2.05) is 24.3 Å². The van der Waals surface area contributed by atoms with Crippen molar-refractivity contribution in [2.75, 3.05) is 52.4 Å². The summed E-state index contributed by atoms with van der Waals surface area (Å²) in [5.41, 5.74) is 2.36. The van der Waals surface area contributed by atoms with E-state index in [1.165, 1.54) is 19.8 Å². The van der Waals surface area contributed by atoms with Crippen LogP contribution in [-0.4, -0.2) is 57.9 Å². The molecular weight excluding hydrogens is 380 g/mol. The lowest BCUT2D eigenvalue weighted by Gasteiger charge is -2.26. The molecule has 0 bridgehead atoms. The zero-order valence-electron chi connectivity index (χ0n) is 16.2. The number of hydrogen-bond acceptors (Lipinski definition) is 5. The minimum atomic E-state index is -0.260. The first-order chi connectivity index (χ1) is 13.6. The van der Waals surface area contributed by atoms with Crippen molar-refractivity contribution in [3.05, 3.63) is 52.5 Å². The van der Waals surface area contributed by atoms with E-state index < -0.39 is 0 Å². The fourth-order valence-electron chi connectivity index (χ4n) is 3.12. The molecule has 1 N–H and O–H groups in total. The van der Waals surface area contributed by atoms with E-state index in [-0.39, 0.29) is 5.91 Å². The number of morpholine rings is 1. The van der Waals surface area contributed by atoms with Crippen LogP contribution in [0.5, 0.6) is 11.5 Å². The van der Waals surface area contributed by atoms with Crippen LogP contribution in [0, 0.1) is 0 Å². The van der Waals surface area contributed by atoms with Gasteiger partial charge in [-0.25, -0.2) is 0 Å². The Morgan fingerprint density at radius 2 is 1.86 bits per heavy atom. The van der Waals surface area contributed by atoms with Gasteiger partial charge in [-0.2, -0.15) is 0 Å². The molecule has 0 aliphatic carbocycles. The van der Waals surface area contributed by atoms with Gasteiger partial charge in [0.25, 0.3) is 5.91 Å². The van der Waals surface area contributed by atoms with Gasteiger partial charge in [0, 0.05) is 30.9 Å². The van der Waals surface area contributed by atoms with Crippen molar-refractivity contribution >= 4 is 23.2 Å². The van der Waals surface area contributed by atoms with Crippen molar-refractivity contribution in [2.45, 2.75) is 6.42 Å². The lowest BCUT2D eigenvalue weighted by atomic mass is 10.1. The third kappa shape index (κ3) is 5.16. The molecule has 7 heteroatoms. The van der Waals surface area contributed by atoms with E-state index >= 15 is 0 Å². The third-order valence-corrected chi connectivity index (χ3v) is 5.01. The summed E-state index contributed by atoms with van der Waals surface area (Å²) in [6.45, 7) is 4.61. The summed E-state index contributed by atoms with van der Waals surface area (Å²) in [4.78, 5) is 15.0. The summed E-state index contributed by atoms with van der Waals surface area (Å²) < 4.78 is 15.8. The number of nitrogens with one attached hydrogen (secondary N) is 1. The maximum absolute atomic E-state index is 12.6. The van der Waals surface area contributed by atoms with Gasteiger partial charge in [0.2, 0.25) is 0 Å². The van der Waals surface area contributed by atoms with Crippen LogP contribution in [0.3, 0.4) is 0 Å². The lowest BCUT2D eigenvalue weighted by Crippen LogP contribution is -2.37. The van der Waals surface area contributed by atoms with Crippen LogP contribution in [0.1, 0.15) is 15.9 Å². The largest absolute Gasteiger partial charge is 0.493 e. The SMILES string of the molecule is COc1cc(C(=O)Nc2ccc(CCN3CCOCC3)cc2)cc(Cl)c1OC. The molecule has 6 nitrogen and oxygen atoms in total. The number of rotatable bonds is 7. The molecule has 0 atom stereocenters. The Bertz CT molecular complexity index is 805. The monoisotopic (exact) mass is 404 g/mol. The molecule has 2 aromatic carbocycles. The van der Waals surface area contributed by atoms with E-state index in [2.05, 4.69) is 10.2 Å². The van der Waals surface area contributed by atoms with Crippen molar-refractivity contribution in [1.82, 2.24) is 4.90 Å². The summed E-state index contributed by atoms with van der Waals surface area (Å²) in [5, 5.41) is 3.21. The molecular formula is C21H25ClN2O4. The van der Waals surface area contributed by atoms with Crippen LogP contribution in [-0.2, 0) is 11.2 Å². The highest BCUT2D eigenvalue weighted by atomic mass is 35.5. The number of nitrogens with zero attached hydrogens (tertiary/aromatic N) is 1. The molecule has 0 unspecified atom stereocenters. The number of halogens is 1. The Kier molecular flexibility index (Phi) is 7.14. The number of hydrogen-bond donors (Lipinski definition) is 1. The maximum atomic E-state index is 12.6. The zero-order chi connectivity index (χ0) is 19.9. The molecule has 0 saturated carbocycles. The Morgan fingerprint density at radius 1 is 1.14 bits per heavy atom. The second-order valence-corrected chi connectivity index (χ2v) is 6.96. The van der Waals surface area contributed by atoms with Gasteiger partial charge in [-0.05, 0) is 36.2 Å².